The molecule has 4 heteroatoms. The van der Waals surface area contributed by atoms with Gasteiger partial charge in [0, 0.05) is 36.2 Å². The maximum Gasteiger partial charge on any atom is 0.185 e. The van der Waals surface area contributed by atoms with Gasteiger partial charge in [-0.25, -0.2) is 4.98 Å². The van der Waals surface area contributed by atoms with E-state index in [9.17, 15) is 0 Å². The van der Waals surface area contributed by atoms with Gasteiger partial charge in [-0.15, -0.1) is 11.3 Å². The summed E-state index contributed by atoms with van der Waals surface area (Å²) in [4.78, 5) is 8.30. The molecular weight excluding hydrogens is 218 g/mol. The third kappa shape index (κ3) is 2.95. The fourth-order valence-corrected chi connectivity index (χ4v) is 2.75. The smallest absolute Gasteiger partial charge is 0.185 e. The molecule has 1 N–H and O–H groups in total. The SMILES string of the molecule is CCN(c1ncc(CNC(C)C)s1)C1CC1. The standard InChI is InChI=1S/C12H21N3S/c1-4-15(10-5-6-10)12-14-8-11(16-12)7-13-9(2)3/h8-10,13H,4-7H2,1-3H3. The lowest BCUT2D eigenvalue weighted by molar-refractivity contribution is 0.593. The summed E-state index contributed by atoms with van der Waals surface area (Å²) in [5.74, 6) is 0. The molecule has 0 aliphatic heterocycles. The van der Waals surface area contributed by atoms with Gasteiger partial charge in [-0.3, -0.25) is 0 Å². The summed E-state index contributed by atoms with van der Waals surface area (Å²) < 4.78 is 0. The molecule has 1 aliphatic carbocycles. The molecule has 16 heavy (non-hydrogen) atoms. The molecule has 2 rings (SSSR count). The number of nitrogens with zero attached hydrogens (tertiary/aromatic N) is 2. The van der Waals surface area contributed by atoms with Crippen molar-refractivity contribution >= 4 is 16.5 Å². The van der Waals surface area contributed by atoms with Gasteiger partial charge in [-0.05, 0) is 19.8 Å². The molecule has 0 aromatic carbocycles. The minimum absolute atomic E-state index is 0.538. The highest BCUT2D eigenvalue weighted by molar-refractivity contribution is 7.15. The molecule has 0 bridgehead atoms. The Hall–Kier alpha value is -0.610. The van der Waals surface area contributed by atoms with Gasteiger partial charge in [-0.1, -0.05) is 13.8 Å². The van der Waals surface area contributed by atoms with E-state index in [2.05, 4.69) is 36.0 Å². The lowest BCUT2D eigenvalue weighted by Crippen LogP contribution is -2.24. The van der Waals surface area contributed by atoms with Crippen LogP contribution in [0.1, 0.15) is 38.5 Å². The van der Waals surface area contributed by atoms with E-state index >= 15 is 0 Å². The van der Waals surface area contributed by atoms with Gasteiger partial charge in [-0.2, -0.15) is 0 Å². The summed E-state index contributed by atoms with van der Waals surface area (Å²) in [6.07, 6.45) is 4.69. The summed E-state index contributed by atoms with van der Waals surface area (Å²) in [5.41, 5.74) is 0. The molecule has 1 fully saturated rings. The lowest BCUT2D eigenvalue weighted by Gasteiger charge is -2.18. The van der Waals surface area contributed by atoms with Crippen molar-refractivity contribution in [1.82, 2.24) is 10.3 Å². The van der Waals surface area contributed by atoms with Gasteiger partial charge in [0.25, 0.3) is 0 Å². The molecule has 0 atom stereocenters. The van der Waals surface area contributed by atoms with Gasteiger partial charge in [0.1, 0.15) is 0 Å². The second-order valence-corrected chi connectivity index (χ2v) is 5.76. The summed E-state index contributed by atoms with van der Waals surface area (Å²) in [6, 6.07) is 1.30. The first kappa shape index (κ1) is 11.9. The zero-order valence-corrected chi connectivity index (χ0v) is 11.2. The summed E-state index contributed by atoms with van der Waals surface area (Å²) in [5, 5.41) is 4.63. The van der Waals surface area contributed by atoms with Gasteiger partial charge < -0.3 is 10.2 Å². The predicted octanol–water partition coefficient (Wildman–Crippen LogP) is 2.63. The fourth-order valence-electron chi connectivity index (χ4n) is 1.75. The van der Waals surface area contributed by atoms with Gasteiger partial charge in [0.05, 0.1) is 0 Å². The second kappa shape index (κ2) is 5.15. The van der Waals surface area contributed by atoms with E-state index in [1.54, 1.807) is 0 Å². The van der Waals surface area contributed by atoms with Crippen LogP contribution in [-0.2, 0) is 6.54 Å². The molecule has 90 valence electrons. The average molecular weight is 239 g/mol. The topological polar surface area (TPSA) is 28.2 Å². The number of rotatable bonds is 6. The molecule has 0 saturated heterocycles. The predicted molar refractivity (Wildman–Crippen MR) is 70.1 cm³/mol. The first-order chi connectivity index (χ1) is 7.70. The van der Waals surface area contributed by atoms with Crippen molar-refractivity contribution in [1.29, 1.82) is 0 Å². The van der Waals surface area contributed by atoms with Crippen LogP contribution in [0.3, 0.4) is 0 Å². The third-order valence-electron chi connectivity index (χ3n) is 2.80. The zero-order valence-electron chi connectivity index (χ0n) is 10.4. The first-order valence-corrected chi connectivity index (χ1v) is 6.97. The maximum absolute atomic E-state index is 4.53. The summed E-state index contributed by atoms with van der Waals surface area (Å²) in [6.45, 7) is 8.58. The Morgan fingerprint density at radius 1 is 1.56 bits per heavy atom. The van der Waals surface area contributed by atoms with Crippen LogP contribution < -0.4 is 10.2 Å². The number of aromatic nitrogens is 1. The minimum atomic E-state index is 0.538. The van der Waals surface area contributed by atoms with E-state index in [0.29, 0.717) is 6.04 Å². The van der Waals surface area contributed by atoms with Crippen molar-refractivity contribution in [3.05, 3.63) is 11.1 Å². The number of anilines is 1. The van der Waals surface area contributed by atoms with Crippen LogP contribution in [0, 0.1) is 0 Å². The Balaban J connectivity index is 1.95. The Labute approximate surface area is 102 Å². The van der Waals surface area contributed by atoms with Crippen LogP contribution in [0.25, 0.3) is 0 Å². The maximum atomic E-state index is 4.53. The van der Waals surface area contributed by atoms with E-state index in [-0.39, 0.29) is 0 Å². The van der Waals surface area contributed by atoms with Crippen molar-refractivity contribution in [2.75, 3.05) is 11.4 Å². The molecule has 3 nitrogen and oxygen atoms in total. The van der Waals surface area contributed by atoms with E-state index in [1.165, 1.54) is 22.9 Å². The van der Waals surface area contributed by atoms with E-state index in [1.807, 2.05) is 17.5 Å². The molecular formula is C12H21N3S. The molecule has 1 aliphatic rings. The number of thiazole rings is 1. The molecule has 0 unspecified atom stereocenters. The van der Waals surface area contributed by atoms with Crippen LogP contribution in [0.4, 0.5) is 5.13 Å². The quantitative estimate of drug-likeness (QED) is 0.827. The summed E-state index contributed by atoms with van der Waals surface area (Å²) >= 11 is 1.83. The van der Waals surface area contributed by atoms with Gasteiger partial charge >= 0.3 is 0 Å². The van der Waals surface area contributed by atoms with Crippen molar-refractivity contribution in [3.63, 3.8) is 0 Å². The van der Waals surface area contributed by atoms with Crippen molar-refractivity contribution in [3.8, 4) is 0 Å². The van der Waals surface area contributed by atoms with E-state index < -0.39 is 0 Å². The van der Waals surface area contributed by atoms with Crippen molar-refractivity contribution < 1.29 is 0 Å². The van der Waals surface area contributed by atoms with Gasteiger partial charge in [0.15, 0.2) is 5.13 Å². The Morgan fingerprint density at radius 3 is 2.88 bits per heavy atom. The number of hydrogen-bond donors (Lipinski definition) is 1. The molecule has 0 amide bonds. The minimum Gasteiger partial charge on any atom is -0.345 e. The van der Waals surface area contributed by atoms with Crippen molar-refractivity contribution in [2.45, 2.75) is 52.2 Å². The highest BCUT2D eigenvalue weighted by Crippen LogP contribution is 2.33. The molecule has 0 radical (unpaired) electrons. The zero-order chi connectivity index (χ0) is 11.5. The normalized spacial score (nSPS) is 15.8. The molecule has 0 spiro atoms. The summed E-state index contributed by atoms with van der Waals surface area (Å²) in [7, 11) is 0. The Bertz CT molecular complexity index is 331. The van der Waals surface area contributed by atoms with Crippen LogP contribution in [0.5, 0.6) is 0 Å². The van der Waals surface area contributed by atoms with E-state index in [0.717, 1.165) is 19.1 Å². The van der Waals surface area contributed by atoms with Crippen molar-refractivity contribution in [2.24, 2.45) is 0 Å². The third-order valence-corrected chi connectivity index (χ3v) is 3.83. The monoisotopic (exact) mass is 239 g/mol. The first-order valence-electron chi connectivity index (χ1n) is 6.15. The fraction of sp³-hybridized carbons (Fsp3) is 0.750. The Morgan fingerprint density at radius 2 is 2.31 bits per heavy atom. The molecule has 1 saturated carbocycles. The van der Waals surface area contributed by atoms with Crippen LogP contribution in [0.2, 0.25) is 0 Å². The van der Waals surface area contributed by atoms with E-state index in [4.69, 9.17) is 0 Å². The number of hydrogen-bond acceptors (Lipinski definition) is 4. The van der Waals surface area contributed by atoms with Crippen LogP contribution in [0.15, 0.2) is 6.20 Å². The molecule has 1 aromatic rings. The van der Waals surface area contributed by atoms with Crippen LogP contribution >= 0.6 is 11.3 Å². The largest absolute Gasteiger partial charge is 0.345 e. The average Bonchev–Trinajstić information content (AvgIpc) is 2.96. The Kier molecular flexibility index (Phi) is 3.82. The number of nitrogens with one attached hydrogen (secondary N) is 1. The van der Waals surface area contributed by atoms with Gasteiger partial charge in [0.2, 0.25) is 0 Å². The molecule has 1 heterocycles. The second-order valence-electron chi connectivity index (χ2n) is 4.66. The van der Waals surface area contributed by atoms with Crippen LogP contribution in [-0.4, -0.2) is 23.6 Å². The highest BCUT2D eigenvalue weighted by Gasteiger charge is 2.29. The lowest BCUT2D eigenvalue weighted by atomic mass is 10.4. The highest BCUT2D eigenvalue weighted by atomic mass is 32.1. The molecule has 1 aromatic heterocycles.